The van der Waals surface area contributed by atoms with Crippen molar-refractivity contribution in [2.24, 2.45) is 5.92 Å². The molecule has 1 aliphatic heterocycles. The molecule has 6 heteroatoms. The number of benzene rings is 1. The Bertz CT molecular complexity index is 573. The van der Waals surface area contributed by atoms with Crippen molar-refractivity contribution in [1.29, 1.82) is 0 Å². The Hall–Kier alpha value is -0.980. The van der Waals surface area contributed by atoms with Crippen LogP contribution in [0.4, 0.5) is 4.39 Å². The molecule has 1 aliphatic rings. The Balaban J connectivity index is 2.28. The third-order valence-electron chi connectivity index (χ3n) is 3.75. The van der Waals surface area contributed by atoms with Crippen molar-refractivity contribution in [3.63, 3.8) is 0 Å². The first-order chi connectivity index (χ1) is 9.46. The third kappa shape index (κ3) is 3.02. The molecule has 1 saturated heterocycles. The molecular weight excluding hydrogens is 279 g/mol. The third-order valence-corrected chi connectivity index (χ3v) is 5.63. The minimum Gasteiger partial charge on any atom is -0.319 e. The second kappa shape index (κ2) is 6.20. The lowest BCUT2D eigenvalue weighted by atomic mass is 10.00. The van der Waals surface area contributed by atoms with Gasteiger partial charge in [0.05, 0.1) is 0 Å². The molecule has 1 atom stereocenters. The number of nitrogens with zero attached hydrogens (tertiary/aromatic N) is 1. The van der Waals surface area contributed by atoms with E-state index in [2.05, 4.69) is 5.32 Å². The van der Waals surface area contributed by atoms with Crippen LogP contribution in [0.3, 0.4) is 0 Å². The average Bonchev–Trinajstić information content (AvgIpc) is 2.42. The first-order valence-corrected chi connectivity index (χ1v) is 8.30. The van der Waals surface area contributed by atoms with E-state index in [9.17, 15) is 12.8 Å². The van der Waals surface area contributed by atoms with Crippen LogP contribution in [0.15, 0.2) is 23.1 Å². The van der Waals surface area contributed by atoms with E-state index in [1.165, 1.54) is 10.4 Å². The molecule has 1 unspecified atom stereocenters. The Morgan fingerprint density at radius 1 is 1.45 bits per heavy atom. The van der Waals surface area contributed by atoms with Gasteiger partial charge >= 0.3 is 0 Å². The van der Waals surface area contributed by atoms with Crippen LogP contribution in [0.1, 0.15) is 18.4 Å². The first-order valence-electron chi connectivity index (χ1n) is 6.86. The van der Waals surface area contributed by atoms with Gasteiger partial charge in [-0.25, -0.2) is 12.8 Å². The molecule has 1 aromatic rings. The Kier molecular flexibility index (Phi) is 4.78. The normalized spacial score (nSPS) is 21.1. The van der Waals surface area contributed by atoms with E-state index in [1.807, 2.05) is 7.05 Å². The number of piperidine rings is 1. The van der Waals surface area contributed by atoms with Gasteiger partial charge in [-0.1, -0.05) is 12.1 Å². The number of aryl methyl sites for hydroxylation is 1. The van der Waals surface area contributed by atoms with Crippen molar-refractivity contribution in [3.05, 3.63) is 29.6 Å². The van der Waals surface area contributed by atoms with Gasteiger partial charge in [0.1, 0.15) is 10.7 Å². The molecule has 0 amide bonds. The van der Waals surface area contributed by atoms with Crippen molar-refractivity contribution in [3.8, 4) is 0 Å². The van der Waals surface area contributed by atoms with Crippen LogP contribution in [0.2, 0.25) is 0 Å². The minimum atomic E-state index is -3.74. The summed E-state index contributed by atoms with van der Waals surface area (Å²) in [5, 5.41) is 3.07. The fourth-order valence-electron chi connectivity index (χ4n) is 2.66. The van der Waals surface area contributed by atoms with E-state index in [-0.39, 0.29) is 10.8 Å². The van der Waals surface area contributed by atoms with Crippen molar-refractivity contribution in [1.82, 2.24) is 9.62 Å². The molecule has 0 aromatic heterocycles. The molecule has 1 heterocycles. The highest BCUT2D eigenvalue weighted by Crippen LogP contribution is 2.26. The lowest BCUT2D eigenvalue weighted by Crippen LogP contribution is -2.42. The maximum absolute atomic E-state index is 14.1. The number of rotatable bonds is 4. The quantitative estimate of drug-likeness (QED) is 0.922. The average molecular weight is 300 g/mol. The monoisotopic (exact) mass is 300 g/mol. The first kappa shape index (κ1) is 15.4. The van der Waals surface area contributed by atoms with Gasteiger partial charge in [-0.3, -0.25) is 0 Å². The fourth-order valence-corrected chi connectivity index (χ4v) is 4.35. The van der Waals surface area contributed by atoms with Crippen LogP contribution in [0, 0.1) is 18.7 Å². The van der Waals surface area contributed by atoms with Gasteiger partial charge in [0.15, 0.2) is 0 Å². The predicted octanol–water partition coefficient (Wildman–Crippen LogP) is 1.75. The van der Waals surface area contributed by atoms with Gasteiger partial charge in [0.25, 0.3) is 0 Å². The largest absolute Gasteiger partial charge is 0.319 e. The lowest BCUT2D eigenvalue weighted by molar-refractivity contribution is 0.262. The lowest BCUT2D eigenvalue weighted by Gasteiger charge is -2.32. The maximum Gasteiger partial charge on any atom is 0.246 e. The van der Waals surface area contributed by atoms with Gasteiger partial charge < -0.3 is 5.32 Å². The molecule has 0 bridgehead atoms. The Morgan fingerprint density at radius 2 is 2.20 bits per heavy atom. The number of hydrogen-bond donors (Lipinski definition) is 1. The van der Waals surface area contributed by atoms with Gasteiger partial charge in [0, 0.05) is 13.1 Å². The highest BCUT2D eigenvalue weighted by Gasteiger charge is 2.32. The van der Waals surface area contributed by atoms with E-state index in [0.717, 1.165) is 19.4 Å². The van der Waals surface area contributed by atoms with Gasteiger partial charge in [-0.2, -0.15) is 4.31 Å². The second-order valence-corrected chi connectivity index (χ2v) is 7.22. The highest BCUT2D eigenvalue weighted by molar-refractivity contribution is 7.89. The van der Waals surface area contributed by atoms with E-state index in [1.54, 1.807) is 19.1 Å². The van der Waals surface area contributed by atoms with E-state index < -0.39 is 15.8 Å². The molecule has 2 rings (SSSR count). The summed E-state index contributed by atoms with van der Waals surface area (Å²) >= 11 is 0. The van der Waals surface area contributed by atoms with Crippen molar-refractivity contribution in [2.45, 2.75) is 24.7 Å². The molecule has 112 valence electrons. The smallest absolute Gasteiger partial charge is 0.246 e. The predicted molar refractivity (Wildman–Crippen MR) is 76.5 cm³/mol. The standard InChI is InChI=1S/C14H21FN2O2S/c1-11-5-3-7-13(14(11)15)20(18,19)17-8-4-6-12(10-17)9-16-2/h3,5,7,12,16H,4,6,8-10H2,1-2H3. The summed E-state index contributed by atoms with van der Waals surface area (Å²) in [7, 11) is -1.88. The zero-order valence-corrected chi connectivity index (χ0v) is 12.7. The number of halogens is 1. The summed E-state index contributed by atoms with van der Waals surface area (Å²) in [4.78, 5) is -0.206. The molecule has 0 aliphatic carbocycles. The maximum atomic E-state index is 14.1. The molecular formula is C14H21FN2O2S. The van der Waals surface area contributed by atoms with Gasteiger partial charge in [0.2, 0.25) is 10.0 Å². The minimum absolute atomic E-state index is 0.206. The van der Waals surface area contributed by atoms with Crippen LogP contribution in [-0.2, 0) is 10.0 Å². The topological polar surface area (TPSA) is 49.4 Å². The van der Waals surface area contributed by atoms with Crippen LogP contribution in [-0.4, -0.2) is 39.4 Å². The van der Waals surface area contributed by atoms with Crippen molar-refractivity contribution >= 4 is 10.0 Å². The molecule has 1 aromatic carbocycles. The summed E-state index contributed by atoms with van der Waals surface area (Å²) in [6.07, 6.45) is 1.82. The van der Waals surface area contributed by atoms with Crippen molar-refractivity contribution in [2.75, 3.05) is 26.7 Å². The molecule has 1 fully saturated rings. The van der Waals surface area contributed by atoms with E-state index in [4.69, 9.17) is 0 Å². The number of sulfonamides is 1. The summed E-state index contributed by atoms with van der Waals surface area (Å²) in [5.41, 5.74) is 0.356. The molecule has 0 spiro atoms. The van der Waals surface area contributed by atoms with Crippen molar-refractivity contribution < 1.29 is 12.8 Å². The van der Waals surface area contributed by atoms with Crippen LogP contribution in [0.5, 0.6) is 0 Å². The summed E-state index contributed by atoms with van der Waals surface area (Å²) < 4.78 is 40.6. The molecule has 20 heavy (non-hydrogen) atoms. The number of hydrogen-bond acceptors (Lipinski definition) is 3. The molecule has 4 nitrogen and oxygen atoms in total. The van der Waals surface area contributed by atoms with Gasteiger partial charge in [-0.15, -0.1) is 0 Å². The van der Waals surface area contributed by atoms with Crippen LogP contribution >= 0.6 is 0 Å². The van der Waals surface area contributed by atoms with E-state index >= 15 is 0 Å². The number of nitrogens with one attached hydrogen (secondary N) is 1. The Morgan fingerprint density at radius 3 is 2.90 bits per heavy atom. The van der Waals surface area contributed by atoms with Gasteiger partial charge in [-0.05, 0) is 50.9 Å². The van der Waals surface area contributed by atoms with E-state index in [0.29, 0.717) is 18.7 Å². The van der Waals surface area contributed by atoms with Crippen LogP contribution in [0.25, 0.3) is 0 Å². The summed E-state index contributed by atoms with van der Waals surface area (Å²) in [6.45, 7) is 3.28. The highest BCUT2D eigenvalue weighted by atomic mass is 32.2. The molecule has 0 radical (unpaired) electrons. The SMILES string of the molecule is CNCC1CCCN(S(=O)(=O)c2cccc(C)c2F)C1. The zero-order valence-electron chi connectivity index (χ0n) is 11.9. The summed E-state index contributed by atoms with van der Waals surface area (Å²) in [6, 6.07) is 4.51. The summed E-state index contributed by atoms with van der Waals surface area (Å²) in [5.74, 6) is -0.348. The Labute approximate surface area is 120 Å². The fraction of sp³-hybridized carbons (Fsp3) is 0.571. The second-order valence-electron chi connectivity index (χ2n) is 5.32. The molecule has 0 saturated carbocycles. The zero-order chi connectivity index (χ0) is 14.8. The van der Waals surface area contributed by atoms with Crippen LogP contribution < -0.4 is 5.32 Å². The molecule has 1 N–H and O–H groups in total.